The van der Waals surface area contributed by atoms with Gasteiger partial charge in [0.05, 0.1) is 0 Å². The second-order valence-corrected chi connectivity index (χ2v) is 6.67. The number of halogens is 1. The molecule has 1 aliphatic heterocycles. The summed E-state index contributed by atoms with van der Waals surface area (Å²) in [5, 5.41) is 3.52. The molecule has 0 saturated carbocycles. The van der Waals surface area contributed by atoms with Crippen LogP contribution in [0.3, 0.4) is 0 Å². The van der Waals surface area contributed by atoms with Crippen LogP contribution in [0, 0.1) is 5.41 Å². The van der Waals surface area contributed by atoms with Gasteiger partial charge < -0.3 is 10.2 Å². The van der Waals surface area contributed by atoms with Crippen molar-refractivity contribution in [1.82, 2.24) is 15.2 Å². The fourth-order valence-electron chi connectivity index (χ4n) is 3.50. The standard InChI is InChI=1S/C18H30N4.HI/c1-4-9-18(2)10-6-13-22(15-18)17(19-3)21-12-8-16-7-5-11-20-14-16;/h5,7,11,14H,4,6,8-10,12-13,15H2,1-3H3,(H,19,21);1H. The molecule has 0 aliphatic carbocycles. The van der Waals surface area contributed by atoms with Gasteiger partial charge >= 0.3 is 0 Å². The van der Waals surface area contributed by atoms with Gasteiger partial charge in [0.1, 0.15) is 0 Å². The molecule has 0 spiro atoms. The normalized spacial score (nSPS) is 21.7. The molecule has 1 aliphatic rings. The van der Waals surface area contributed by atoms with E-state index >= 15 is 0 Å². The average molecular weight is 430 g/mol. The van der Waals surface area contributed by atoms with Crippen molar-refractivity contribution in [3.8, 4) is 0 Å². The van der Waals surface area contributed by atoms with Crippen LogP contribution in [0.25, 0.3) is 0 Å². The molecule has 5 heteroatoms. The van der Waals surface area contributed by atoms with E-state index in [0.29, 0.717) is 5.41 Å². The zero-order chi connectivity index (χ0) is 15.8. The molecular weight excluding hydrogens is 399 g/mol. The molecule has 2 heterocycles. The van der Waals surface area contributed by atoms with Crippen LogP contribution in [0.4, 0.5) is 0 Å². The van der Waals surface area contributed by atoms with Crippen LogP contribution in [-0.4, -0.2) is 42.5 Å². The predicted molar refractivity (Wildman–Crippen MR) is 109 cm³/mol. The van der Waals surface area contributed by atoms with Crippen molar-refractivity contribution in [2.24, 2.45) is 10.4 Å². The molecule has 1 aromatic heterocycles. The lowest BCUT2D eigenvalue weighted by atomic mass is 9.78. The van der Waals surface area contributed by atoms with Gasteiger partial charge in [-0.05, 0) is 42.7 Å². The quantitative estimate of drug-likeness (QED) is 0.440. The SMILES string of the molecule is CCCC1(C)CCCN(C(=NC)NCCc2cccnc2)C1.I. The van der Waals surface area contributed by atoms with Gasteiger partial charge in [-0.3, -0.25) is 9.98 Å². The van der Waals surface area contributed by atoms with E-state index in [1.54, 1.807) is 0 Å². The molecule has 1 fully saturated rings. The van der Waals surface area contributed by atoms with E-state index < -0.39 is 0 Å². The maximum absolute atomic E-state index is 4.48. The van der Waals surface area contributed by atoms with Crippen LogP contribution in [0.15, 0.2) is 29.5 Å². The third-order valence-electron chi connectivity index (χ3n) is 4.57. The highest BCUT2D eigenvalue weighted by molar-refractivity contribution is 14.0. The number of hydrogen-bond donors (Lipinski definition) is 1. The Morgan fingerprint density at radius 2 is 2.30 bits per heavy atom. The largest absolute Gasteiger partial charge is 0.356 e. The number of aliphatic imine (C=N–C) groups is 1. The van der Waals surface area contributed by atoms with Gasteiger partial charge in [0.2, 0.25) is 0 Å². The maximum atomic E-state index is 4.48. The molecule has 0 amide bonds. The van der Waals surface area contributed by atoms with Crippen molar-refractivity contribution < 1.29 is 0 Å². The first-order valence-electron chi connectivity index (χ1n) is 8.51. The molecule has 1 aromatic rings. The molecule has 23 heavy (non-hydrogen) atoms. The van der Waals surface area contributed by atoms with E-state index in [-0.39, 0.29) is 24.0 Å². The minimum atomic E-state index is 0. The Morgan fingerprint density at radius 3 is 2.96 bits per heavy atom. The van der Waals surface area contributed by atoms with Gasteiger partial charge in [-0.25, -0.2) is 0 Å². The average Bonchev–Trinajstić information content (AvgIpc) is 2.52. The predicted octanol–water partition coefficient (Wildman–Crippen LogP) is 3.72. The summed E-state index contributed by atoms with van der Waals surface area (Å²) in [4.78, 5) is 11.1. The van der Waals surface area contributed by atoms with Gasteiger partial charge in [0.25, 0.3) is 0 Å². The molecule has 1 unspecified atom stereocenters. The number of guanidine groups is 1. The smallest absolute Gasteiger partial charge is 0.193 e. The Hall–Kier alpha value is -0.850. The molecule has 2 rings (SSSR count). The highest BCUT2D eigenvalue weighted by Gasteiger charge is 2.31. The zero-order valence-electron chi connectivity index (χ0n) is 14.7. The number of nitrogens with zero attached hydrogens (tertiary/aromatic N) is 3. The Labute approximate surface area is 158 Å². The van der Waals surface area contributed by atoms with Gasteiger partial charge in [0, 0.05) is 39.1 Å². The van der Waals surface area contributed by atoms with E-state index in [4.69, 9.17) is 0 Å². The molecule has 1 atom stereocenters. The summed E-state index contributed by atoms with van der Waals surface area (Å²) in [5.41, 5.74) is 1.70. The zero-order valence-corrected chi connectivity index (χ0v) is 17.0. The van der Waals surface area contributed by atoms with Crippen molar-refractivity contribution in [3.63, 3.8) is 0 Å². The van der Waals surface area contributed by atoms with Crippen LogP contribution in [-0.2, 0) is 6.42 Å². The van der Waals surface area contributed by atoms with Crippen molar-refractivity contribution in [1.29, 1.82) is 0 Å². The lowest BCUT2D eigenvalue weighted by Crippen LogP contribution is -2.50. The van der Waals surface area contributed by atoms with Crippen LogP contribution < -0.4 is 5.32 Å². The highest BCUT2D eigenvalue weighted by atomic mass is 127. The lowest BCUT2D eigenvalue weighted by Gasteiger charge is -2.42. The van der Waals surface area contributed by atoms with Crippen molar-refractivity contribution in [2.75, 3.05) is 26.7 Å². The summed E-state index contributed by atoms with van der Waals surface area (Å²) in [6.07, 6.45) is 9.89. The molecule has 0 bridgehead atoms. The fourth-order valence-corrected chi connectivity index (χ4v) is 3.50. The Morgan fingerprint density at radius 1 is 1.48 bits per heavy atom. The van der Waals surface area contributed by atoms with Gasteiger partial charge in [-0.2, -0.15) is 0 Å². The molecule has 1 N–H and O–H groups in total. The second-order valence-electron chi connectivity index (χ2n) is 6.67. The summed E-state index contributed by atoms with van der Waals surface area (Å²) in [7, 11) is 1.89. The van der Waals surface area contributed by atoms with Gasteiger partial charge in [0.15, 0.2) is 5.96 Å². The molecule has 4 nitrogen and oxygen atoms in total. The van der Waals surface area contributed by atoms with Crippen molar-refractivity contribution >= 4 is 29.9 Å². The molecule has 0 aromatic carbocycles. The Bertz CT molecular complexity index is 473. The van der Waals surface area contributed by atoms with Crippen LogP contribution in [0.2, 0.25) is 0 Å². The Balaban J connectivity index is 0.00000264. The van der Waals surface area contributed by atoms with Gasteiger partial charge in [-0.15, -0.1) is 24.0 Å². The maximum Gasteiger partial charge on any atom is 0.193 e. The van der Waals surface area contributed by atoms with Crippen molar-refractivity contribution in [2.45, 2.75) is 46.0 Å². The lowest BCUT2D eigenvalue weighted by molar-refractivity contribution is 0.142. The minimum absolute atomic E-state index is 0. The molecule has 1 saturated heterocycles. The molecule has 0 radical (unpaired) electrons. The second kappa shape index (κ2) is 10.1. The van der Waals surface area contributed by atoms with E-state index in [9.17, 15) is 0 Å². The summed E-state index contributed by atoms with van der Waals surface area (Å²) in [6, 6.07) is 4.11. The van der Waals surface area contributed by atoms with Crippen molar-refractivity contribution in [3.05, 3.63) is 30.1 Å². The van der Waals surface area contributed by atoms with Crippen LogP contribution in [0.5, 0.6) is 0 Å². The number of piperidine rings is 1. The molecular formula is C18H31IN4. The first kappa shape index (κ1) is 20.2. The highest BCUT2D eigenvalue weighted by Crippen LogP contribution is 2.33. The van der Waals surface area contributed by atoms with E-state index in [1.165, 1.54) is 31.2 Å². The summed E-state index contributed by atoms with van der Waals surface area (Å²) in [5.74, 6) is 1.05. The van der Waals surface area contributed by atoms with E-state index in [1.807, 2.05) is 25.5 Å². The monoisotopic (exact) mass is 430 g/mol. The van der Waals surface area contributed by atoms with Gasteiger partial charge in [-0.1, -0.05) is 26.3 Å². The number of nitrogens with one attached hydrogen (secondary N) is 1. The Kier molecular flexibility index (Phi) is 8.87. The summed E-state index contributed by atoms with van der Waals surface area (Å²) in [6.45, 7) is 7.84. The number of aromatic nitrogens is 1. The van der Waals surface area contributed by atoms with Crippen LogP contribution >= 0.6 is 24.0 Å². The number of likely N-dealkylation sites (tertiary alicyclic amines) is 1. The topological polar surface area (TPSA) is 40.5 Å². The summed E-state index contributed by atoms with van der Waals surface area (Å²) >= 11 is 0. The number of hydrogen-bond acceptors (Lipinski definition) is 2. The fraction of sp³-hybridized carbons (Fsp3) is 0.667. The van der Waals surface area contributed by atoms with Crippen LogP contribution in [0.1, 0.15) is 45.1 Å². The van der Waals surface area contributed by atoms with E-state index in [0.717, 1.165) is 32.0 Å². The minimum Gasteiger partial charge on any atom is -0.356 e. The number of rotatable bonds is 5. The third kappa shape index (κ3) is 6.28. The third-order valence-corrected chi connectivity index (χ3v) is 4.57. The first-order valence-corrected chi connectivity index (χ1v) is 8.51. The first-order chi connectivity index (χ1) is 10.7. The molecule has 130 valence electrons. The number of pyridine rings is 1. The summed E-state index contributed by atoms with van der Waals surface area (Å²) < 4.78 is 0. The van der Waals surface area contributed by atoms with E-state index in [2.05, 4.69) is 40.1 Å².